The van der Waals surface area contributed by atoms with Crippen LogP contribution in [-0.2, 0) is 10.0 Å². The number of hydrogen-bond donors (Lipinski definition) is 2. The summed E-state index contributed by atoms with van der Waals surface area (Å²) in [5.74, 6) is -0.642. The lowest BCUT2D eigenvalue weighted by molar-refractivity contribution is 0.102. The monoisotopic (exact) mass is 433 g/mol. The van der Waals surface area contributed by atoms with Crippen molar-refractivity contribution in [1.29, 1.82) is 0 Å². The predicted molar refractivity (Wildman–Crippen MR) is 114 cm³/mol. The number of nitrogens with one attached hydrogen (secondary N) is 2. The van der Waals surface area contributed by atoms with Crippen molar-refractivity contribution in [2.24, 2.45) is 0 Å². The van der Waals surface area contributed by atoms with E-state index in [0.717, 1.165) is 0 Å². The van der Waals surface area contributed by atoms with Crippen LogP contribution in [0.25, 0.3) is 10.9 Å². The van der Waals surface area contributed by atoms with E-state index in [1.807, 2.05) is 0 Å². The number of aromatic nitrogens is 1. The third kappa shape index (κ3) is 4.31. The first-order valence-corrected chi connectivity index (χ1v) is 11.1. The lowest BCUT2D eigenvalue weighted by Gasteiger charge is -2.21. The van der Waals surface area contributed by atoms with Gasteiger partial charge in [0, 0.05) is 29.7 Å². The van der Waals surface area contributed by atoms with E-state index in [9.17, 15) is 17.6 Å². The van der Waals surface area contributed by atoms with Gasteiger partial charge in [0.2, 0.25) is 10.0 Å². The van der Waals surface area contributed by atoms with Crippen molar-refractivity contribution in [3.05, 3.63) is 54.0 Å². The van der Waals surface area contributed by atoms with Crippen LogP contribution in [-0.4, -0.2) is 43.3 Å². The topological polar surface area (TPSA) is 91.5 Å². The minimum absolute atomic E-state index is 0.00966. The molecule has 2 aromatic carbocycles. The molecular formula is C21H24FN3O4S. The number of benzene rings is 2. The maximum absolute atomic E-state index is 13.4. The fourth-order valence-corrected chi connectivity index (χ4v) is 4.80. The minimum atomic E-state index is -3.79. The molecule has 0 saturated carbocycles. The van der Waals surface area contributed by atoms with Gasteiger partial charge in [0.05, 0.1) is 6.61 Å². The largest absolute Gasteiger partial charge is 0.492 e. The van der Waals surface area contributed by atoms with Gasteiger partial charge >= 0.3 is 0 Å². The molecule has 30 heavy (non-hydrogen) atoms. The molecule has 0 saturated heterocycles. The number of H-pyrrole nitrogens is 1. The van der Waals surface area contributed by atoms with Crippen molar-refractivity contribution in [1.82, 2.24) is 9.29 Å². The standard InChI is InChI=1S/C21H24FN3O4S/c1-4-25(5-2)30(27,28)20-13-16(8-10-19(20)29-6-3)23-21(26)18-12-14-11-15(22)7-9-17(14)24-18/h7-13,24H,4-6H2,1-3H3,(H,23,26). The van der Waals surface area contributed by atoms with Crippen molar-refractivity contribution in [2.75, 3.05) is 25.0 Å². The average molecular weight is 434 g/mol. The maximum atomic E-state index is 13.4. The smallest absolute Gasteiger partial charge is 0.272 e. The highest BCUT2D eigenvalue weighted by atomic mass is 32.2. The molecule has 3 rings (SSSR count). The van der Waals surface area contributed by atoms with Crippen LogP contribution in [0.5, 0.6) is 5.75 Å². The fraction of sp³-hybridized carbons (Fsp3) is 0.286. The highest BCUT2D eigenvalue weighted by molar-refractivity contribution is 7.89. The first-order chi connectivity index (χ1) is 14.3. The number of carbonyl (C=O) groups excluding carboxylic acids is 1. The second-order valence-electron chi connectivity index (χ2n) is 6.55. The molecular weight excluding hydrogens is 409 g/mol. The highest BCUT2D eigenvalue weighted by Crippen LogP contribution is 2.30. The third-order valence-electron chi connectivity index (χ3n) is 4.65. The van der Waals surface area contributed by atoms with Gasteiger partial charge in [0.15, 0.2) is 0 Å². The number of amides is 1. The van der Waals surface area contributed by atoms with Crippen LogP contribution in [0.3, 0.4) is 0 Å². The molecule has 1 heterocycles. The number of nitrogens with zero attached hydrogens (tertiary/aromatic N) is 1. The Morgan fingerprint density at radius 1 is 1.10 bits per heavy atom. The van der Waals surface area contributed by atoms with E-state index in [-0.39, 0.29) is 16.3 Å². The minimum Gasteiger partial charge on any atom is -0.492 e. The second kappa shape index (κ2) is 8.85. The molecule has 0 fully saturated rings. The normalized spacial score (nSPS) is 11.8. The molecule has 3 aromatic rings. The van der Waals surface area contributed by atoms with E-state index in [0.29, 0.717) is 36.3 Å². The third-order valence-corrected chi connectivity index (χ3v) is 6.72. The van der Waals surface area contributed by atoms with Gasteiger partial charge in [-0.25, -0.2) is 12.8 Å². The van der Waals surface area contributed by atoms with Gasteiger partial charge in [-0.15, -0.1) is 0 Å². The Balaban J connectivity index is 1.94. The average Bonchev–Trinajstić information content (AvgIpc) is 3.13. The summed E-state index contributed by atoms with van der Waals surface area (Å²) in [6.45, 7) is 6.21. The van der Waals surface area contributed by atoms with E-state index in [1.165, 1.54) is 34.6 Å². The zero-order chi connectivity index (χ0) is 21.9. The van der Waals surface area contributed by atoms with Crippen LogP contribution in [0.15, 0.2) is 47.4 Å². The summed E-state index contributed by atoms with van der Waals surface area (Å²) in [5.41, 5.74) is 1.16. The van der Waals surface area contributed by atoms with Gasteiger partial charge < -0.3 is 15.0 Å². The van der Waals surface area contributed by atoms with Gasteiger partial charge in [-0.05, 0) is 49.4 Å². The van der Waals surface area contributed by atoms with Gasteiger partial charge in [-0.2, -0.15) is 4.31 Å². The molecule has 9 heteroatoms. The van der Waals surface area contributed by atoms with E-state index < -0.39 is 21.7 Å². The van der Waals surface area contributed by atoms with E-state index >= 15 is 0 Å². The Bertz CT molecular complexity index is 1170. The van der Waals surface area contributed by atoms with Gasteiger partial charge in [-0.1, -0.05) is 13.8 Å². The molecule has 0 unspecified atom stereocenters. The first kappa shape index (κ1) is 21.8. The first-order valence-electron chi connectivity index (χ1n) is 9.66. The fourth-order valence-electron chi connectivity index (χ4n) is 3.19. The van der Waals surface area contributed by atoms with E-state index in [4.69, 9.17) is 4.74 Å². The molecule has 1 aromatic heterocycles. The Labute approximate surface area is 174 Å². The molecule has 0 aliphatic heterocycles. The number of carbonyl (C=O) groups is 1. The van der Waals surface area contributed by atoms with Gasteiger partial charge in [0.25, 0.3) is 5.91 Å². The number of sulfonamides is 1. The van der Waals surface area contributed by atoms with Crippen LogP contribution < -0.4 is 10.1 Å². The molecule has 0 radical (unpaired) electrons. The van der Waals surface area contributed by atoms with Crippen molar-refractivity contribution in [2.45, 2.75) is 25.7 Å². The van der Waals surface area contributed by atoms with E-state index in [2.05, 4.69) is 10.3 Å². The Kier molecular flexibility index (Phi) is 6.42. The number of anilines is 1. The van der Waals surface area contributed by atoms with Crippen molar-refractivity contribution >= 4 is 32.5 Å². The zero-order valence-corrected chi connectivity index (χ0v) is 17.8. The van der Waals surface area contributed by atoms with Crippen LogP contribution >= 0.6 is 0 Å². The molecule has 1 amide bonds. The van der Waals surface area contributed by atoms with Gasteiger partial charge in [0.1, 0.15) is 22.2 Å². The van der Waals surface area contributed by atoms with Crippen LogP contribution in [0, 0.1) is 5.82 Å². The highest BCUT2D eigenvalue weighted by Gasteiger charge is 2.26. The summed E-state index contributed by atoms with van der Waals surface area (Å²) in [5, 5.41) is 3.25. The van der Waals surface area contributed by atoms with Crippen LogP contribution in [0.4, 0.5) is 10.1 Å². The van der Waals surface area contributed by atoms with Crippen molar-refractivity contribution < 1.29 is 22.3 Å². The SMILES string of the molecule is CCOc1ccc(NC(=O)c2cc3cc(F)ccc3[nH]2)cc1S(=O)(=O)N(CC)CC. The predicted octanol–water partition coefficient (Wildman–Crippen LogP) is 3.99. The van der Waals surface area contributed by atoms with Crippen molar-refractivity contribution in [3.8, 4) is 5.75 Å². The number of ether oxygens (including phenoxy) is 1. The zero-order valence-electron chi connectivity index (χ0n) is 17.0. The number of fused-ring (bicyclic) bond motifs is 1. The lowest BCUT2D eigenvalue weighted by Crippen LogP contribution is -2.31. The van der Waals surface area contributed by atoms with Crippen LogP contribution in [0.2, 0.25) is 0 Å². The quantitative estimate of drug-likeness (QED) is 0.562. The number of rotatable bonds is 8. The summed E-state index contributed by atoms with van der Waals surface area (Å²) in [7, 11) is -3.79. The number of hydrogen-bond acceptors (Lipinski definition) is 4. The Morgan fingerprint density at radius 2 is 1.83 bits per heavy atom. The molecule has 0 atom stereocenters. The molecule has 0 bridgehead atoms. The molecule has 160 valence electrons. The van der Waals surface area contributed by atoms with Crippen LogP contribution in [0.1, 0.15) is 31.3 Å². The molecule has 0 spiro atoms. The summed E-state index contributed by atoms with van der Waals surface area (Å²) in [4.78, 5) is 15.6. The summed E-state index contributed by atoms with van der Waals surface area (Å²) >= 11 is 0. The lowest BCUT2D eigenvalue weighted by atomic mass is 10.2. The summed E-state index contributed by atoms with van der Waals surface area (Å²) in [6.07, 6.45) is 0. The Morgan fingerprint density at radius 3 is 2.50 bits per heavy atom. The Hall–Kier alpha value is -2.91. The molecule has 0 aliphatic rings. The molecule has 0 aliphatic carbocycles. The number of halogens is 1. The van der Waals surface area contributed by atoms with Crippen molar-refractivity contribution in [3.63, 3.8) is 0 Å². The maximum Gasteiger partial charge on any atom is 0.272 e. The summed E-state index contributed by atoms with van der Waals surface area (Å²) in [6, 6.07) is 10.2. The van der Waals surface area contributed by atoms with E-state index in [1.54, 1.807) is 32.9 Å². The van der Waals surface area contributed by atoms with Gasteiger partial charge in [-0.3, -0.25) is 4.79 Å². The number of aromatic amines is 1. The molecule has 7 nitrogen and oxygen atoms in total. The molecule has 2 N–H and O–H groups in total. The second-order valence-corrected chi connectivity index (χ2v) is 8.46. The summed E-state index contributed by atoms with van der Waals surface area (Å²) < 4.78 is 46.3.